The summed E-state index contributed by atoms with van der Waals surface area (Å²) in [6.45, 7) is -0.108. The number of hydrogen-bond donors (Lipinski definition) is 1. The molecule has 160 valence electrons. The van der Waals surface area contributed by atoms with Gasteiger partial charge in [0.1, 0.15) is 11.6 Å². The van der Waals surface area contributed by atoms with Crippen molar-refractivity contribution in [3.05, 3.63) is 77.2 Å². The molecule has 0 aliphatic carbocycles. The van der Waals surface area contributed by atoms with E-state index in [-0.39, 0.29) is 36.0 Å². The lowest BCUT2D eigenvalue weighted by Crippen LogP contribution is -2.26. The number of halogens is 4. The second kappa shape index (κ2) is 8.38. The smallest absolute Gasteiger partial charge is 0.405 e. The number of carbonyl (C=O) groups excluding carboxylic acids is 1. The second-order valence-corrected chi connectivity index (χ2v) is 7.46. The van der Waals surface area contributed by atoms with Crippen molar-refractivity contribution >= 4 is 22.2 Å². The standard InChI is InChI=1S/C21H15F4N3O2S/c22-15-7-5-13(6-8-15)17-11-28-16(12-31-20(28)27-17)9-19(29)26-10-14-3-1-2-4-18(14)30-21(23,24)25/h1-8,11-12H,9-10H2,(H,26,29). The van der Waals surface area contributed by atoms with Crippen molar-refractivity contribution in [3.8, 4) is 17.0 Å². The zero-order valence-electron chi connectivity index (χ0n) is 15.8. The van der Waals surface area contributed by atoms with Crippen LogP contribution in [0.5, 0.6) is 5.75 Å². The van der Waals surface area contributed by atoms with Gasteiger partial charge in [-0.2, -0.15) is 0 Å². The molecule has 10 heteroatoms. The third-order valence-corrected chi connectivity index (χ3v) is 5.33. The molecule has 31 heavy (non-hydrogen) atoms. The van der Waals surface area contributed by atoms with Crippen molar-refractivity contribution in [2.45, 2.75) is 19.3 Å². The van der Waals surface area contributed by atoms with Crippen LogP contribution in [0.1, 0.15) is 11.3 Å². The van der Waals surface area contributed by atoms with Crippen LogP contribution in [0.4, 0.5) is 17.6 Å². The van der Waals surface area contributed by atoms with E-state index < -0.39 is 6.36 Å². The van der Waals surface area contributed by atoms with Crippen LogP contribution in [0, 0.1) is 5.82 Å². The minimum atomic E-state index is -4.81. The van der Waals surface area contributed by atoms with E-state index in [1.807, 2.05) is 0 Å². The maximum atomic E-state index is 13.1. The molecule has 2 heterocycles. The van der Waals surface area contributed by atoms with E-state index in [0.29, 0.717) is 16.3 Å². The van der Waals surface area contributed by atoms with Gasteiger partial charge in [-0.15, -0.1) is 24.5 Å². The molecule has 0 saturated carbocycles. The topological polar surface area (TPSA) is 55.6 Å². The van der Waals surface area contributed by atoms with Crippen LogP contribution in [-0.4, -0.2) is 21.7 Å². The van der Waals surface area contributed by atoms with Crippen LogP contribution < -0.4 is 10.1 Å². The highest BCUT2D eigenvalue weighted by molar-refractivity contribution is 7.15. The number of aromatic nitrogens is 2. The number of thiazole rings is 1. The summed E-state index contributed by atoms with van der Waals surface area (Å²) in [7, 11) is 0. The van der Waals surface area contributed by atoms with Crippen molar-refractivity contribution in [2.75, 3.05) is 0 Å². The number of rotatable bonds is 6. The summed E-state index contributed by atoms with van der Waals surface area (Å²) in [4.78, 5) is 17.5. The zero-order chi connectivity index (χ0) is 22.0. The Morgan fingerprint density at radius 3 is 2.61 bits per heavy atom. The van der Waals surface area contributed by atoms with Gasteiger partial charge in [0.25, 0.3) is 0 Å². The first-order chi connectivity index (χ1) is 14.8. The Balaban J connectivity index is 1.44. The molecule has 2 aromatic carbocycles. The minimum Gasteiger partial charge on any atom is -0.405 e. The third-order valence-electron chi connectivity index (χ3n) is 4.44. The molecular formula is C21H15F4N3O2S. The molecule has 0 bridgehead atoms. The Bertz CT molecular complexity index is 1220. The monoisotopic (exact) mass is 449 g/mol. The molecule has 2 aromatic heterocycles. The molecule has 0 radical (unpaired) electrons. The van der Waals surface area contributed by atoms with E-state index in [4.69, 9.17) is 0 Å². The van der Waals surface area contributed by atoms with Gasteiger partial charge in [0.2, 0.25) is 5.91 Å². The van der Waals surface area contributed by atoms with Gasteiger partial charge in [-0.25, -0.2) is 9.37 Å². The van der Waals surface area contributed by atoms with Crippen LogP contribution >= 0.6 is 11.3 Å². The molecule has 5 nitrogen and oxygen atoms in total. The first-order valence-electron chi connectivity index (χ1n) is 9.10. The normalized spacial score (nSPS) is 11.6. The fraction of sp³-hybridized carbons (Fsp3) is 0.143. The number of amides is 1. The lowest BCUT2D eigenvalue weighted by Gasteiger charge is -2.13. The van der Waals surface area contributed by atoms with Gasteiger partial charge in [0.15, 0.2) is 4.96 Å². The van der Waals surface area contributed by atoms with Crippen molar-refractivity contribution in [1.82, 2.24) is 14.7 Å². The van der Waals surface area contributed by atoms with Gasteiger partial charge >= 0.3 is 6.36 Å². The van der Waals surface area contributed by atoms with Gasteiger partial charge in [-0.1, -0.05) is 18.2 Å². The van der Waals surface area contributed by atoms with Crippen molar-refractivity contribution in [3.63, 3.8) is 0 Å². The molecule has 1 N–H and O–H groups in total. The molecule has 0 aliphatic heterocycles. The first-order valence-corrected chi connectivity index (χ1v) is 9.98. The highest BCUT2D eigenvalue weighted by Gasteiger charge is 2.32. The summed E-state index contributed by atoms with van der Waals surface area (Å²) in [6.07, 6.45) is -3.04. The lowest BCUT2D eigenvalue weighted by atomic mass is 10.2. The maximum absolute atomic E-state index is 13.1. The molecule has 0 spiro atoms. The van der Waals surface area contributed by atoms with E-state index in [2.05, 4.69) is 15.0 Å². The van der Waals surface area contributed by atoms with E-state index in [1.54, 1.807) is 34.2 Å². The van der Waals surface area contributed by atoms with Crippen molar-refractivity contribution in [1.29, 1.82) is 0 Å². The molecule has 4 rings (SSSR count). The summed E-state index contributed by atoms with van der Waals surface area (Å²) in [6, 6.07) is 11.6. The Hall–Kier alpha value is -3.40. The maximum Gasteiger partial charge on any atom is 0.573 e. The highest BCUT2D eigenvalue weighted by atomic mass is 32.1. The SMILES string of the molecule is O=C(Cc1csc2nc(-c3ccc(F)cc3)cn12)NCc1ccccc1OC(F)(F)F. The van der Waals surface area contributed by atoms with Gasteiger partial charge < -0.3 is 10.1 Å². The fourth-order valence-corrected chi connectivity index (χ4v) is 3.88. The summed E-state index contributed by atoms with van der Waals surface area (Å²) < 4.78 is 56.5. The van der Waals surface area contributed by atoms with Crippen LogP contribution in [0.2, 0.25) is 0 Å². The summed E-state index contributed by atoms with van der Waals surface area (Å²) >= 11 is 1.35. The van der Waals surface area contributed by atoms with E-state index in [1.165, 1.54) is 41.7 Å². The predicted molar refractivity (Wildman–Crippen MR) is 107 cm³/mol. The lowest BCUT2D eigenvalue weighted by molar-refractivity contribution is -0.274. The average Bonchev–Trinajstić information content (AvgIpc) is 3.29. The number of para-hydroxylation sites is 1. The van der Waals surface area contributed by atoms with Gasteiger partial charge in [-0.3, -0.25) is 9.20 Å². The van der Waals surface area contributed by atoms with Crippen LogP contribution in [0.3, 0.4) is 0 Å². The second-order valence-electron chi connectivity index (χ2n) is 6.62. The van der Waals surface area contributed by atoms with Gasteiger partial charge in [0.05, 0.1) is 12.1 Å². The van der Waals surface area contributed by atoms with Crippen LogP contribution in [0.25, 0.3) is 16.2 Å². The number of imidazole rings is 1. The quantitative estimate of drug-likeness (QED) is 0.424. The number of nitrogens with one attached hydrogen (secondary N) is 1. The minimum absolute atomic E-state index is 0.0154. The Labute approximate surface area is 177 Å². The largest absolute Gasteiger partial charge is 0.573 e. The third kappa shape index (κ3) is 5.02. The molecule has 1 amide bonds. The Morgan fingerprint density at radius 2 is 1.87 bits per heavy atom. The van der Waals surface area contributed by atoms with Crippen molar-refractivity contribution in [2.24, 2.45) is 0 Å². The molecule has 0 unspecified atom stereocenters. The van der Waals surface area contributed by atoms with Gasteiger partial charge in [0, 0.05) is 34.9 Å². The molecular weight excluding hydrogens is 434 g/mol. The molecule has 0 saturated heterocycles. The molecule has 4 aromatic rings. The highest BCUT2D eigenvalue weighted by Crippen LogP contribution is 2.27. The fourth-order valence-electron chi connectivity index (χ4n) is 3.01. The van der Waals surface area contributed by atoms with Crippen LogP contribution in [0.15, 0.2) is 60.1 Å². The number of hydrogen-bond acceptors (Lipinski definition) is 4. The number of alkyl halides is 3. The average molecular weight is 449 g/mol. The first kappa shape index (κ1) is 20.9. The summed E-state index contributed by atoms with van der Waals surface area (Å²) in [5.41, 5.74) is 2.28. The van der Waals surface area contributed by atoms with Crippen molar-refractivity contribution < 1.29 is 27.1 Å². The molecule has 0 fully saturated rings. The number of carbonyl (C=O) groups is 1. The molecule has 0 aliphatic rings. The van der Waals surface area contributed by atoms with E-state index in [0.717, 1.165) is 5.56 Å². The summed E-state index contributed by atoms with van der Waals surface area (Å²) in [5, 5.41) is 4.40. The Morgan fingerprint density at radius 1 is 1.13 bits per heavy atom. The van der Waals surface area contributed by atoms with Crippen LogP contribution in [-0.2, 0) is 17.8 Å². The molecule has 0 atom stereocenters. The van der Waals surface area contributed by atoms with Gasteiger partial charge in [-0.05, 0) is 30.3 Å². The number of nitrogens with zero attached hydrogens (tertiary/aromatic N) is 2. The van der Waals surface area contributed by atoms with E-state index in [9.17, 15) is 22.4 Å². The number of fused-ring (bicyclic) bond motifs is 1. The Kier molecular flexibility index (Phi) is 5.64. The zero-order valence-corrected chi connectivity index (χ0v) is 16.6. The van der Waals surface area contributed by atoms with E-state index >= 15 is 0 Å². The number of benzene rings is 2. The summed E-state index contributed by atoms with van der Waals surface area (Å²) in [5.74, 6) is -1.06. The predicted octanol–water partition coefficient (Wildman–Crippen LogP) is 4.96. The number of ether oxygens (including phenoxy) is 1.